The van der Waals surface area contributed by atoms with Gasteiger partial charge in [-0.2, -0.15) is 15.8 Å². The number of nitriles is 3. The summed E-state index contributed by atoms with van der Waals surface area (Å²) in [7, 11) is -2.93. The van der Waals surface area contributed by atoms with E-state index in [1.807, 2.05) is 66.7 Å². The molecule has 0 spiro atoms. The van der Waals surface area contributed by atoms with E-state index in [1.54, 1.807) is 0 Å². The van der Waals surface area contributed by atoms with Crippen molar-refractivity contribution in [3.8, 4) is 35.0 Å². The number of nitrogens with zero attached hydrogens (tertiary/aromatic N) is 4. The van der Waals surface area contributed by atoms with Gasteiger partial charge in [0.2, 0.25) is 0 Å². The van der Waals surface area contributed by atoms with Crippen molar-refractivity contribution >= 4 is 50.6 Å². The highest BCUT2D eigenvalue weighted by Gasteiger charge is 2.41. The topological polar surface area (TPSA) is 76.3 Å². The van der Waals surface area contributed by atoms with Gasteiger partial charge in [0.25, 0.3) is 0 Å². The molecule has 0 aliphatic carbocycles. The van der Waals surface area contributed by atoms with E-state index in [1.165, 1.54) is 15.6 Å². The third kappa shape index (κ3) is 4.97. The standard InChI is InChI=1S/C45H28N4Si/c46-29-32-20-21-45-43(26-32)42-18-10-11-19-44(42)49(45)37-24-33(30-47)22-35(27-37)36-23-34(31-48)25-41(28-36)50(38-12-4-1-5-13-38,39-14-6-2-7-15-39)40-16-8-3-9-17-40/h1-28H. The van der Waals surface area contributed by atoms with Gasteiger partial charge in [0.05, 0.1) is 45.9 Å². The molecule has 232 valence electrons. The van der Waals surface area contributed by atoms with Crippen LogP contribution in [0.2, 0.25) is 0 Å². The summed E-state index contributed by atoms with van der Waals surface area (Å²) in [6.45, 7) is 0. The molecule has 0 N–H and O–H groups in total. The molecular formula is C45H28N4Si. The lowest BCUT2D eigenvalue weighted by molar-refractivity contribution is 1.18. The van der Waals surface area contributed by atoms with Crippen LogP contribution in [-0.4, -0.2) is 12.6 Å². The second-order valence-electron chi connectivity index (χ2n) is 12.3. The van der Waals surface area contributed by atoms with Gasteiger partial charge >= 0.3 is 0 Å². The van der Waals surface area contributed by atoms with Crippen LogP contribution in [0.4, 0.5) is 0 Å². The van der Waals surface area contributed by atoms with E-state index < -0.39 is 8.07 Å². The van der Waals surface area contributed by atoms with Crippen LogP contribution in [0, 0.1) is 34.0 Å². The zero-order chi connectivity index (χ0) is 34.1. The van der Waals surface area contributed by atoms with E-state index in [4.69, 9.17) is 0 Å². The first-order chi connectivity index (χ1) is 24.6. The van der Waals surface area contributed by atoms with Gasteiger partial charge in [0.15, 0.2) is 8.07 Å². The Labute approximate surface area is 291 Å². The monoisotopic (exact) mass is 652 g/mol. The maximum Gasteiger partial charge on any atom is 0.179 e. The third-order valence-electron chi connectivity index (χ3n) is 9.56. The fourth-order valence-corrected chi connectivity index (χ4v) is 12.3. The molecule has 1 heterocycles. The molecule has 0 saturated heterocycles. The van der Waals surface area contributed by atoms with Gasteiger partial charge in [0.1, 0.15) is 0 Å². The highest BCUT2D eigenvalue weighted by atomic mass is 28.3. The third-order valence-corrected chi connectivity index (χ3v) is 14.3. The summed E-state index contributed by atoms with van der Waals surface area (Å²) in [5.74, 6) is 0. The highest BCUT2D eigenvalue weighted by Crippen LogP contribution is 2.34. The number of para-hydroxylation sites is 1. The zero-order valence-electron chi connectivity index (χ0n) is 27.0. The molecule has 7 aromatic carbocycles. The predicted molar refractivity (Wildman–Crippen MR) is 204 cm³/mol. The molecule has 0 amide bonds. The summed E-state index contributed by atoms with van der Waals surface area (Å²) in [6.07, 6.45) is 0. The van der Waals surface area contributed by atoms with Crippen molar-refractivity contribution in [2.75, 3.05) is 0 Å². The van der Waals surface area contributed by atoms with Crippen molar-refractivity contribution in [1.29, 1.82) is 15.8 Å². The zero-order valence-corrected chi connectivity index (χ0v) is 28.0. The lowest BCUT2D eigenvalue weighted by atomic mass is 10.0. The Morgan fingerprint density at radius 3 is 1.46 bits per heavy atom. The van der Waals surface area contributed by atoms with Gasteiger partial charge in [0, 0.05) is 16.5 Å². The predicted octanol–water partition coefficient (Wildman–Crippen LogP) is 7.44. The quantitative estimate of drug-likeness (QED) is 0.138. The summed E-state index contributed by atoms with van der Waals surface area (Å²) in [6, 6.07) is 65.0. The first-order valence-corrected chi connectivity index (χ1v) is 18.4. The number of rotatable bonds is 6. The summed E-state index contributed by atoms with van der Waals surface area (Å²) in [5, 5.41) is 37.2. The minimum absolute atomic E-state index is 0.513. The van der Waals surface area contributed by atoms with Crippen LogP contribution in [0.15, 0.2) is 170 Å². The van der Waals surface area contributed by atoms with Crippen LogP contribution in [0.1, 0.15) is 16.7 Å². The van der Waals surface area contributed by atoms with E-state index >= 15 is 0 Å². The van der Waals surface area contributed by atoms with Crippen LogP contribution >= 0.6 is 0 Å². The van der Waals surface area contributed by atoms with Gasteiger partial charge in [-0.15, -0.1) is 0 Å². The largest absolute Gasteiger partial charge is 0.309 e. The second kappa shape index (κ2) is 12.6. The molecule has 0 aliphatic rings. The molecule has 0 fully saturated rings. The van der Waals surface area contributed by atoms with Gasteiger partial charge in [-0.1, -0.05) is 115 Å². The van der Waals surface area contributed by atoms with E-state index in [-0.39, 0.29) is 0 Å². The Kier molecular flexibility index (Phi) is 7.63. The first-order valence-electron chi connectivity index (χ1n) is 16.4. The van der Waals surface area contributed by atoms with Crippen molar-refractivity contribution in [3.05, 3.63) is 187 Å². The Morgan fingerprint density at radius 2 is 0.880 bits per heavy atom. The molecule has 0 saturated carbocycles. The number of hydrogen-bond donors (Lipinski definition) is 0. The SMILES string of the molecule is N#Cc1cc(-c2cc(C#N)cc([Si](c3ccccc3)(c3ccccc3)c3ccccc3)c2)cc(-n2c3ccccc3c3cc(C#N)ccc32)c1. The molecule has 4 nitrogen and oxygen atoms in total. The summed E-state index contributed by atoms with van der Waals surface area (Å²) in [5.41, 5.74) is 6.13. The molecule has 8 rings (SSSR count). The van der Waals surface area contributed by atoms with E-state index in [9.17, 15) is 15.8 Å². The van der Waals surface area contributed by atoms with Crippen LogP contribution in [0.25, 0.3) is 38.6 Å². The number of benzene rings is 7. The van der Waals surface area contributed by atoms with Crippen LogP contribution in [0.3, 0.4) is 0 Å². The molecule has 5 heteroatoms. The number of hydrogen-bond acceptors (Lipinski definition) is 3. The normalized spacial score (nSPS) is 11.1. The summed E-state index contributed by atoms with van der Waals surface area (Å²) >= 11 is 0. The summed E-state index contributed by atoms with van der Waals surface area (Å²) < 4.78 is 2.15. The van der Waals surface area contributed by atoms with Crippen molar-refractivity contribution in [3.63, 3.8) is 0 Å². The van der Waals surface area contributed by atoms with Crippen molar-refractivity contribution in [1.82, 2.24) is 4.57 Å². The van der Waals surface area contributed by atoms with Gasteiger partial charge < -0.3 is 4.57 Å². The van der Waals surface area contributed by atoms with Crippen LogP contribution in [-0.2, 0) is 0 Å². The smallest absolute Gasteiger partial charge is 0.179 e. The Balaban J connectivity index is 1.42. The molecular weight excluding hydrogens is 625 g/mol. The van der Waals surface area contributed by atoms with E-state index in [2.05, 4.69) is 126 Å². The van der Waals surface area contributed by atoms with E-state index in [0.29, 0.717) is 16.7 Å². The van der Waals surface area contributed by atoms with Crippen molar-refractivity contribution in [2.24, 2.45) is 0 Å². The molecule has 0 bridgehead atoms. The molecule has 8 aromatic rings. The van der Waals surface area contributed by atoms with E-state index in [0.717, 1.165) is 43.8 Å². The average molecular weight is 653 g/mol. The molecule has 0 radical (unpaired) electrons. The molecule has 0 unspecified atom stereocenters. The second-order valence-corrected chi connectivity index (χ2v) is 16.1. The first kappa shape index (κ1) is 30.4. The van der Waals surface area contributed by atoms with Gasteiger partial charge in [-0.05, 0) is 86.5 Å². The van der Waals surface area contributed by atoms with Gasteiger partial charge in [-0.25, -0.2) is 0 Å². The van der Waals surface area contributed by atoms with Crippen molar-refractivity contribution < 1.29 is 0 Å². The lowest BCUT2D eigenvalue weighted by Gasteiger charge is -2.34. The lowest BCUT2D eigenvalue weighted by Crippen LogP contribution is -2.74. The number of fused-ring (bicyclic) bond motifs is 3. The Hall–Kier alpha value is -6.97. The highest BCUT2D eigenvalue weighted by molar-refractivity contribution is 7.19. The van der Waals surface area contributed by atoms with Crippen LogP contribution in [0.5, 0.6) is 0 Å². The Bertz CT molecular complexity index is 2580. The van der Waals surface area contributed by atoms with Crippen LogP contribution < -0.4 is 20.7 Å². The maximum absolute atomic E-state index is 10.5. The fourth-order valence-electron chi connectivity index (χ4n) is 7.43. The summed E-state index contributed by atoms with van der Waals surface area (Å²) in [4.78, 5) is 0. The maximum atomic E-state index is 10.5. The molecule has 1 aromatic heterocycles. The average Bonchev–Trinajstić information content (AvgIpc) is 3.53. The fraction of sp³-hybridized carbons (Fsp3) is 0. The van der Waals surface area contributed by atoms with Gasteiger partial charge in [-0.3, -0.25) is 0 Å². The molecule has 50 heavy (non-hydrogen) atoms. The molecule has 0 aliphatic heterocycles. The van der Waals surface area contributed by atoms with Crippen molar-refractivity contribution in [2.45, 2.75) is 0 Å². The minimum atomic E-state index is -2.93. The molecule has 0 atom stereocenters. The number of aromatic nitrogens is 1. The Morgan fingerprint density at radius 1 is 0.380 bits per heavy atom. The minimum Gasteiger partial charge on any atom is -0.309 e.